The molecule has 0 N–H and O–H groups in total. The van der Waals surface area contributed by atoms with Crippen molar-refractivity contribution in [1.29, 1.82) is 0 Å². The summed E-state index contributed by atoms with van der Waals surface area (Å²) in [5.74, 6) is -0.572. The number of esters is 1. The molecule has 0 bridgehead atoms. The molecule has 0 heterocycles. The predicted molar refractivity (Wildman–Crippen MR) is 73.4 cm³/mol. The molecule has 0 aromatic heterocycles. The van der Waals surface area contributed by atoms with E-state index < -0.39 is 10.9 Å². The van der Waals surface area contributed by atoms with Gasteiger partial charge in [-0.25, -0.2) is 4.79 Å². The Kier molecular flexibility index (Phi) is 4.10. The number of hydrogen-bond acceptors (Lipinski definition) is 4. The lowest BCUT2D eigenvalue weighted by molar-refractivity contribution is -0.384. The van der Waals surface area contributed by atoms with Crippen molar-refractivity contribution in [2.75, 3.05) is 0 Å². The van der Waals surface area contributed by atoms with Gasteiger partial charge >= 0.3 is 5.97 Å². The second-order valence-electron chi connectivity index (χ2n) is 4.31. The highest BCUT2D eigenvalue weighted by molar-refractivity contribution is 5.90. The van der Waals surface area contributed by atoms with Gasteiger partial charge in [-0.05, 0) is 24.1 Å². The average molecular weight is 271 g/mol. The van der Waals surface area contributed by atoms with Gasteiger partial charge in [-0.15, -0.1) is 0 Å². The zero-order valence-electron chi connectivity index (χ0n) is 10.9. The monoisotopic (exact) mass is 271 g/mol. The van der Waals surface area contributed by atoms with Crippen LogP contribution in [0.4, 0.5) is 5.69 Å². The van der Waals surface area contributed by atoms with Crippen molar-refractivity contribution in [2.24, 2.45) is 0 Å². The number of nitro benzene ring substituents is 1. The van der Waals surface area contributed by atoms with Crippen molar-refractivity contribution in [2.45, 2.75) is 13.5 Å². The molecule has 0 aliphatic carbocycles. The second kappa shape index (κ2) is 5.97. The fourth-order valence-corrected chi connectivity index (χ4v) is 1.75. The Bertz CT molecular complexity index is 652. The van der Waals surface area contributed by atoms with Crippen LogP contribution in [0, 0.1) is 17.0 Å². The van der Waals surface area contributed by atoms with Gasteiger partial charge in [-0.2, -0.15) is 0 Å². The van der Waals surface area contributed by atoms with Crippen molar-refractivity contribution < 1.29 is 14.5 Å². The van der Waals surface area contributed by atoms with E-state index in [4.69, 9.17) is 4.74 Å². The number of aryl methyl sites for hydroxylation is 1. The lowest BCUT2D eigenvalue weighted by Gasteiger charge is -2.07. The quantitative estimate of drug-likeness (QED) is 0.486. The van der Waals surface area contributed by atoms with Crippen LogP contribution in [-0.4, -0.2) is 10.9 Å². The van der Waals surface area contributed by atoms with Crippen molar-refractivity contribution in [3.8, 4) is 0 Å². The number of nitro groups is 1. The van der Waals surface area contributed by atoms with Gasteiger partial charge in [0.05, 0.1) is 10.5 Å². The normalized spacial score (nSPS) is 10.1. The summed E-state index contributed by atoms with van der Waals surface area (Å²) >= 11 is 0. The Morgan fingerprint density at radius 1 is 1.20 bits per heavy atom. The molecule has 102 valence electrons. The summed E-state index contributed by atoms with van der Waals surface area (Å²) in [7, 11) is 0. The Labute approximate surface area is 116 Å². The summed E-state index contributed by atoms with van der Waals surface area (Å²) in [6.45, 7) is 2.07. The molecule has 0 amide bonds. The molecular formula is C15H13NO4. The summed E-state index contributed by atoms with van der Waals surface area (Å²) in [5.41, 5.74) is 1.98. The molecule has 0 unspecified atom stereocenters. The van der Waals surface area contributed by atoms with Crippen LogP contribution in [0.2, 0.25) is 0 Å². The molecule has 0 aliphatic heterocycles. The van der Waals surface area contributed by atoms with Gasteiger partial charge in [-0.3, -0.25) is 10.1 Å². The van der Waals surface area contributed by atoms with Gasteiger partial charge in [0.15, 0.2) is 0 Å². The Morgan fingerprint density at radius 2 is 1.95 bits per heavy atom. The molecule has 0 atom stereocenters. The van der Waals surface area contributed by atoms with E-state index in [9.17, 15) is 14.9 Å². The van der Waals surface area contributed by atoms with E-state index in [1.807, 2.05) is 31.2 Å². The lowest BCUT2D eigenvalue weighted by Crippen LogP contribution is -2.06. The van der Waals surface area contributed by atoms with E-state index in [0.717, 1.165) is 11.1 Å². The highest BCUT2D eigenvalue weighted by atomic mass is 16.6. The van der Waals surface area contributed by atoms with Gasteiger partial charge < -0.3 is 4.74 Å². The lowest BCUT2D eigenvalue weighted by atomic mass is 10.1. The summed E-state index contributed by atoms with van der Waals surface area (Å²) in [6, 6.07) is 13.1. The minimum atomic E-state index is -0.572. The van der Waals surface area contributed by atoms with Crippen molar-refractivity contribution in [1.82, 2.24) is 0 Å². The number of rotatable bonds is 4. The molecule has 0 saturated carbocycles. The SMILES string of the molecule is Cc1ccccc1COC(=O)c1cccc([N+](=O)[O-])c1. The molecule has 20 heavy (non-hydrogen) atoms. The fourth-order valence-electron chi connectivity index (χ4n) is 1.75. The molecule has 2 rings (SSSR count). The molecule has 0 spiro atoms. The molecule has 2 aromatic carbocycles. The van der Waals surface area contributed by atoms with Crippen LogP contribution in [0.3, 0.4) is 0 Å². The third-order valence-corrected chi connectivity index (χ3v) is 2.91. The third kappa shape index (κ3) is 3.20. The van der Waals surface area contributed by atoms with Crippen LogP contribution in [0.25, 0.3) is 0 Å². The summed E-state index contributed by atoms with van der Waals surface area (Å²) < 4.78 is 5.17. The number of carbonyl (C=O) groups is 1. The number of ether oxygens (including phenoxy) is 1. The van der Waals surface area contributed by atoms with Crippen LogP contribution in [-0.2, 0) is 11.3 Å². The van der Waals surface area contributed by atoms with E-state index in [1.165, 1.54) is 24.3 Å². The number of benzene rings is 2. The van der Waals surface area contributed by atoms with Crippen LogP contribution in [0.1, 0.15) is 21.5 Å². The van der Waals surface area contributed by atoms with Gasteiger partial charge in [0.25, 0.3) is 5.69 Å². The minimum absolute atomic E-state index is 0.129. The highest BCUT2D eigenvalue weighted by Gasteiger charge is 2.12. The van der Waals surface area contributed by atoms with Crippen molar-refractivity contribution in [3.63, 3.8) is 0 Å². The number of non-ortho nitro benzene ring substituents is 1. The summed E-state index contributed by atoms with van der Waals surface area (Å²) in [4.78, 5) is 22.0. The maximum atomic E-state index is 11.9. The van der Waals surface area contributed by atoms with Gasteiger partial charge in [0.1, 0.15) is 6.61 Å². The van der Waals surface area contributed by atoms with Gasteiger partial charge in [0.2, 0.25) is 0 Å². The smallest absolute Gasteiger partial charge is 0.338 e. The molecule has 2 aromatic rings. The van der Waals surface area contributed by atoms with Crippen LogP contribution < -0.4 is 0 Å². The van der Waals surface area contributed by atoms with Crippen molar-refractivity contribution >= 4 is 11.7 Å². The van der Waals surface area contributed by atoms with Crippen LogP contribution in [0.15, 0.2) is 48.5 Å². The first-order valence-corrected chi connectivity index (χ1v) is 6.04. The van der Waals surface area contributed by atoms with E-state index in [2.05, 4.69) is 0 Å². The van der Waals surface area contributed by atoms with Gasteiger partial charge in [0, 0.05) is 12.1 Å². The van der Waals surface area contributed by atoms with Crippen LogP contribution >= 0.6 is 0 Å². The molecular weight excluding hydrogens is 258 g/mol. The highest BCUT2D eigenvalue weighted by Crippen LogP contribution is 2.15. The molecule has 0 aliphatic rings. The number of nitrogens with zero attached hydrogens (tertiary/aromatic N) is 1. The largest absolute Gasteiger partial charge is 0.457 e. The number of hydrogen-bond donors (Lipinski definition) is 0. The van der Waals surface area contributed by atoms with E-state index in [-0.39, 0.29) is 17.9 Å². The minimum Gasteiger partial charge on any atom is -0.457 e. The Morgan fingerprint density at radius 3 is 2.65 bits per heavy atom. The molecule has 0 radical (unpaired) electrons. The molecule has 5 nitrogen and oxygen atoms in total. The third-order valence-electron chi connectivity index (χ3n) is 2.91. The summed E-state index contributed by atoms with van der Waals surface area (Å²) in [5, 5.41) is 10.7. The van der Waals surface area contributed by atoms with Crippen LogP contribution in [0.5, 0.6) is 0 Å². The maximum absolute atomic E-state index is 11.9. The van der Waals surface area contributed by atoms with Crippen molar-refractivity contribution in [3.05, 3.63) is 75.3 Å². The predicted octanol–water partition coefficient (Wildman–Crippen LogP) is 3.26. The van der Waals surface area contributed by atoms with E-state index in [1.54, 1.807) is 0 Å². The zero-order chi connectivity index (χ0) is 14.5. The maximum Gasteiger partial charge on any atom is 0.338 e. The Balaban J connectivity index is 2.07. The molecule has 5 heteroatoms. The average Bonchev–Trinajstić information content (AvgIpc) is 2.46. The second-order valence-corrected chi connectivity index (χ2v) is 4.31. The first-order valence-electron chi connectivity index (χ1n) is 6.04. The first kappa shape index (κ1) is 13.7. The topological polar surface area (TPSA) is 69.4 Å². The standard InChI is InChI=1S/C15H13NO4/c1-11-5-2-3-6-13(11)10-20-15(17)12-7-4-8-14(9-12)16(18)19/h2-9H,10H2,1H3. The fraction of sp³-hybridized carbons (Fsp3) is 0.133. The number of carbonyl (C=O) groups excluding carboxylic acids is 1. The van der Waals surface area contributed by atoms with Gasteiger partial charge in [-0.1, -0.05) is 30.3 Å². The van der Waals surface area contributed by atoms with E-state index in [0.29, 0.717) is 0 Å². The molecule has 0 saturated heterocycles. The summed E-state index contributed by atoms with van der Waals surface area (Å²) in [6.07, 6.45) is 0. The zero-order valence-corrected chi connectivity index (χ0v) is 10.9. The first-order chi connectivity index (χ1) is 9.58. The Hall–Kier alpha value is -2.69. The molecule has 0 fully saturated rings. The van der Waals surface area contributed by atoms with E-state index >= 15 is 0 Å².